The number of Topliss-reactive ketones (excluding diaryl/α,β-unsaturated/α-hetero) is 1. The van der Waals surface area contributed by atoms with Crippen LogP contribution in [0.5, 0.6) is 0 Å². The highest BCUT2D eigenvalue weighted by Crippen LogP contribution is 2.71. The van der Waals surface area contributed by atoms with Crippen LogP contribution in [-0.4, -0.2) is 39.8 Å². The van der Waals surface area contributed by atoms with E-state index in [0.29, 0.717) is 22.6 Å². The van der Waals surface area contributed by atoms with Gasteiger partial charge in [0.2, 0.25) is 0 Å². The molecule has 0 aromatic carbocycles. The first-order valence-electron chi connectivity index (χ1n) is 11.0. The van der Waals surface area contributed by atoms with Gasteiger partial charge in [-0.3, -0.25) is 4.79 Å². The van der Waals surface area contributed by atoms with Gasteiger partial charge in [0, 0.05) is 11.5 Å². The molecule has 2 N–H and O–H groups in total. The molecular formula is C25H34O5. The number of ketones is 1. The van der Waals surface area contributed by atoms with Crippen LogP contribution in [0.25, 0.3) is 0 Å². The summed E-state index contributed by atoms with van der Waals surface area (Å²) >= 11 is 0. The first kappa shape index (κ1) is 21.5. The maximum atomic E-state index is 14.1. The molecule has 0 saturated heterocycles. The van der Waals surface area contributed by atoms with Gasteiger partial charge in [0.25, 0.3) is 0 Å². The van der Waals surface area contributed by atoms with Crippen molar-refractivity contribution in [2.24, 2.45) is 34.5 Å². The van der Waals surface area contributed by atoms with Crippen LogP contribution in [0.2, 0.25) is 0 Å². The zero-order chi connectivity index (χ0) is 22.4. The normalized spacial score (nSPS) is 46.7. The Bertz CT molecular complexity index is 908. The number of rotatable bonds is 2. The van der Waals surface area contributed by atoms with E-state index in [9.17, 15) is 19.8 Å². The lowest BCUT2D eigenvalue weighted by atomic mass is 9.59. The van der Waals surface area contributed by atoms with Crippen LogP contribution in [0.1, 0.15) is 54.9 Å². The zero-order valence-electron chi connectivity index (χ0n) is 19.0. The van der Waals surface area contributed by atoms with Crippen LogP contribution >= 0.6 is 0 Å². The van der Waals surface area contributed by atoms with Crippen molar-refractivity contribution in [2.75, 3.05) is 0 Å². The fourth-order valence-electron chi connectivity index (χ4n) is 6.89. The van der Waals surface area contributed by atoms with Crippen LogP contribution in [0, 0.1) is 34.5 Å². The molecule has 30 heavy (non-hydrogen) atoms. The third-order valence-corrected chi connectivity index (χ3v) is 8.82. The fraction of sp³-hybridized carbons (Fsp3) is 0.680. The molecule has 164 valence electrons. The van der Waals surface area contributed by atoms with Gasteiger partial charge in [-0.25, -0.2) is 4.79 Å². The van der Waals surface area contributed by atoms with E-state index in [1.807, 2.05) is 19.1 Å². The Kier molecular flexibility index (Phi) is 4.58. The third-order valence-electron chi connectivity index (χ3n) is 8.82. The number of aliphatic hydroxyl groups excluding tert-OH is 1. The molecule has 1 spiro atoms. The number of esters is 1. The molecule has 8 atom stereocenters. The van der Waals surface area contributed by atoms with Gasteiger partial charge in [-0.15, -0.1) is 0 Å². The van der Waals surface area contributed by atoms with Crippen molar-refractivity contribution in [3.63, 3.8) is 0 Å². The van der Waals surface area contributed by atoms with E-state index >= 15 is 0 Å². The van der Waals surface area contributed by atoms with E-state index in [1.54, 1.807) is 33.8 Å². The SMILES string of the molecule is C/C=C(/C)C(=O)O[C@H]1C(C)=C[C@]23C(=O)C(C=C(C)[C@@H](O)[C@]12O)[C@H]1[C@@H](C[C@H]3C)C1(C)C. The lowest BCUT2D eigenvalue weighted by Gasteiger charge is -2.48. The summed E-state index contributed by atoms with van der Waals surface area (Å²) in [5.41, 5.74) is -1.53. The molecule has 0 aromatic heterocycles. The van der Waals surface area contributed by atoms with E-state index < -0.39 is 29.2 Å². The summed E-state index contributed by atoms with van der Waals surface area (Å²) < 4.78 is 5.76. The number of allylic oxidation sites excluding steroid dienone is 2. The molecule has 5 nitrogen and oxygen atoms in total. The Morgan fingerprint density at radius 1 is 1.27 bits per heavy atom. The van der Waals surface area contributed by atoms with E-state index in [1.165, 1.54) is 0 Å². The Labute approximate surface area is 178 Å². The molecule has 2 bridgehead atoms. The minimum Gasteiger partial charge on any atom is -0.451 e. The van der Waals surface area contributed by atoms with Crippen LogP contribution in [-0.2, 0) is 14.3 Å². The Morgan fingerprint density at radius 3 is 2.50 bits per heavy atom. The van der Waals surface area contributed by atoms with Crippen molar-refractivity contribution >= 4 is 11.8 Å². The number of carbonyl (C=O) groups is 2. The van der Waals surface area contributed by atoms with Gasteiger partial charge in [0.15, 0.2) is 17.5 Å². The first-order valence-corrected chi connectivity index (χ1v) is 11.0. The minimum atomic E-state index is -1.92. The molecule has 0 heterocycles. The highest BCUT2D eigenvalue weighted by atomic mass is 16.6. The highest BCUT2D eigenvalue weighted by Gasteiger charge is 2.76. The highest BCUT2D eigenvalue weighted by molar-refractivity contribution is 5.95. The van der Waals surface area contributed by atoms with E-state index in [4.69, 9.17) is 4.74 Å². The maximum Gasteiger partial charge on any atom is 0.334 e. The molecule has 0 radical (unpaired) electrons. The van der Waals surface area contributed by atoms with Crippen LogP contribution < -0.4 is 0 Å². The summed E-state index contributed by atoms with van der Waals surface area (Å²) in [7, 11) is 0. The van der Waals surface area contributed by atoms with Crippen LogP contribution in [0.15, 0.2) is 34.9 Å². The average Bonchev–Trinajstić information content (AvgIpc) is 3.17. The number of ether oxygens (including phenoxy) is 1. The van der Waals surface area contributed by atoms with Gasteiger partial charge >= 0.3 is 5.97 Å². The minimum absolute atomic E-state index is 0.0490. The number of carbonyl (C=O) groups excluding carboxylic acids is 2. The monoisotopic (exact) mass is 414 g/mol. The van der Waals surface area contributed by atoms with Crippen molar-refractivity contribution in [1.29, 1.82) is 0 Å². The van der Waals surface area contributed by atoms with E-state index in [-0.39, 0.29) is 29.0 Å². The molecular weight excluding hydrogens is 380 g/mol. The number of aliphatic hydroxyl groups is 2. The molecule has 4 aliphatic rings. The third kappa shape index (κ3) is 2.36. The number of fused-ring (bicyclic) bond motifs is 3. The smallest absolute Gasteiger partial charge is 0.334 e. The summed E-state index contributed by atoms with van der Waals surface area (Å²) in [5, 5.41) is 23.6. The second-order valence-electron chi connectivity index (χ2n) is 10.6. The van der Waals surface area contributed by atoms with Gasteiger partial charge in [-0.2, -0.15) is 0 Å². The summed E-state index contributed by atoms with van der Waals surface area (Å²) in [6.45, 7) is 13.3. The summed E-state index contributed by atoms with van der Waals surface area (Å²) in [6, 6.07) is 0. The number of hydrogen-bond acceptors (Lipinski definition) is 5. The fourth-order valence-corrected chi connectivity index (χ4v) is 6.89. The molecule has 5 heteroatoms. The molecule has 0 aromatic rings. The Morgan fingerprint density at radius 2 is 1.90 bits per heavy atom. The van der Waals surface area contributed by atoms with Crippen molar-refractivity contribution in [2.45, 2.75) is 72.7 Å². The summed E-state index contributed by atoms with van der Waals surface area (Å²) in [5.74, 6) is -0.541. The van der Waals surface area contributed by atoms with Gasteiger partial charge in [0.1, 0.15) is 6.10 Å². The number of hydrogen-bond donors (Lipinski definition) is 2. The molecule has 1 unspecified atom stereocenters. The molecule has 0 amide bonds. The van der Waals surface area contributed by atoms with Crippen LogP contribution in [0.3, 0.4) is 0 Å². The molecule has 2 saturated carbocycles. The molecule has 0 aliphatic heterocycles. The van der Waals surface area contributed by atoms with Crippen molar-refractivity contribution < 1.29 is 24.5 Å². The lowest BCUT2D eigenvalue weighted by Crippen LogP contribution is -2.65. The predicted octanol–water partition coefficient (Wildman–Crippen LogP) is 3.36. The molecule has 4 aliphatic carbocycles. The maximum absolute atomic E-state index is 14.1. The first-order chi connectivity index (χ1) is 13.9. The summed E-state index contributed by atoms with van der Waals surface area (Å²) in [4.78, 5) is 26.7. The predicted molar refractivity (Wildman–Crippen MR) is 113 cm³/mol. The Balaban J connectivity index is 1.89. The van der Waals surface area contributed by atoms with Gasteiger partial charge < -0.3 is 14.9 Å². The summed E-state index contributed by atoms with van der Waals surface area (Å²) in [6.07, 6.45) is 3.74. The second kappa shape index (κ2) is 6.39. The molecule has 2 fully saturated rings. The van der Waals surface area contributed by atoms with E-state index in [0.717, 1.165) is 6.42 Å². The zero-order valence-corrected chi connectivity index (χ0v) is 19.0. The van der Waals surface area contributed by atoms with Crippen LogP contribution in [0.4, 0.5) is 0 Å². The molecule has 4 rings (SSSR count). The topological polar surface area (TPSA) is 83.8 Å². The standard InChI is InChI=1S/C25H34O5/c1-8-12(2)22(28)30-21-14(4)11-24-15(5)10-17-18(23(17,6)7)16(20(24)27)9-13(3)19(26)25(21,24)29/h8-9,11,15-19,21,26,29H,10H2,1-7H3/b12-8-/t15-,16?,17-,18+,19-,21+,24+,25+/m1/s1. The Hall–Kier alpha value is -1.72. The van der Waals surface area contributed by atoms with Crippen molar-refractivity contribution in [1.82, 2.24) is 0 Å². The van der Waals surface area contributed by atoms with Crippen molar-refractivity contribution in [3.05, 3.63) is 34.9 Å². The van der Waals surface area contributed by atoms with Gasteiger partial charge in [-0.1, -0.05) is 39.0 Å². The van der Waals surface area contributed by atoms with Gasteiger partial charge in [-0.05, 0) is 68.4 Å². The largest absolute Gasteiger partial charge is 0.451 e. The average molecular weight is 415 g/mol. The van der Waals surface area contributed by atoms with Crippen molar-refractivity contribution in [3.8, 4) is 0 Å². The van der Waals surface area contributed by atoms with E-state index in [2.05, 4.69) is 13.8 Å². The van der Waals surface area contributed by atoms with Gasteiger partial charge in [0.05, 0.1) is 5.41 Å². The lowest BCUT2D eigenvalue weighted by molar-refractivity contribution is -0.201. The second-order valence-corrected chi connectivity index (χ2v) is 10.6. The quantitative estimate of drug-likeness (QED) is 0.411.